The van der Waals surface area contributed by atoms with Crippen LogP contribution in [0.1, 0.15) is 11.3 Å². The van der Waals surface area contributed by atoms with Crippen LogP contribution < -0.4 is 0 Å². The Hall–Kier alpha value is -1.82. The standard InChI is InChI=1S/C15H4BBr2F7N2/c17-7-3-1-5-9(10-11(19)13(21)15(23)14(22)12(10)20)6-2-4-8(18)27(6)16(24,25)26(5)7/h1-4H. The molecule has 0 saturated heterocycles. The maximum absolute atomic E-state index is 15.0. The Kier molecular flexibility index (Phi) is 4.01. The summed E-state index contributed by atoms with van der Waals surface area (Å²) in [7, 11) is 0. The predicted octanol–water partition coefficient (Wildman–Crippen LogP) is 5.32. The maximum atomic E-state index is 15.0. The molecule has 1 aromatic heterocycles. The van der Waals surface area contributed by atoms with E-state index in [0.29, 0.717) is 8.96 Å². The Balaban J connectivity index is 2.20. The van der Waals surface area contributed by atoms with E-state index < -0.39 is 58.6 Å². The first kappa shape index (κ1) is 18.5. The van der Waals surface area contributed by atoms with Gasteiger partial charge in [0.2, 0.25) is 10.4 Å². The molecule has 0 saturated carbocycles. The van der Waals surface area contributed by atoms with Gasteiger partial charge in [-0.05, 0) is 28.1 Å². The molecule has 0 amide bonds. The number of nitrogens with zero attached hydrogens (tertiary/aromatic N) is 2. The van der Waals surface area contributed by atoms with Gasteiger partial charge in [0.25, 0.3) is 0 Å². The summed E-state index contributed by atoms with van der Waals surface area (Å²) in [6.07, 6.45) is 2.30. The Bertz CT molecular complexity index is 1100. The van der Waals surface area contributed by atoms with E-state index in [4.69, 9.17) is 0 Å². The summed E-state index contributed by atoms with van der Waals surface area (Å²) in [5.41, 5.74) is -2.62. The van der Waals surface area contributed by atoms with Crippen molar-refractivity contribution in [1.29, 1.82) is 0 Å². The number of aromatic nitrogens is 1. The molecule has 12 heteroatoms. The van der Waals surface area contributed by atoms with E-state index >= 15 is 8.63 Å². The average Bonchev–Trinajstić information content (AvgIpc) is 3.19. The van der Waals surface area contributed by atoms with E-state index in [-0.39, 0.29) is 9.22 Å². The normalized spacial score (nSPS) is 17.7. The molecule has 140 valence electrons. The molecule has 2 aliphatic heterocycles. The minimum Gasteiger partial charge on any atom is -0.389 e. The highest BCUT2D eigenvalue weighted by Crippen LogP contribution is 2.44. The quantitative estimate of drug-likeness (QED) is 0.210. The van der Waals surface area contributed by atoms with Crippen LogP contribution in [-0.2, 0) is 0 Å². The second-order valence-corrected chi connectivity index (χ2v) is 7.36. The number of halogens is 9. The zero-order valence-corrected chi connectivity index (χ0v) is 15.9. The van der Waals surface area contributed by atoms with Gasteiger partial charge in [0.1, 0.15) is 0 Å². The van der Waals surface area contributed by atoms with Crippen LogP contribution in [0.5, 0.6) is 0 Å². The summed E-state index contributed by atoms with van der Waals surface area (Å²) >= 11 is 5.86. The van der Waals surface area contributed by atoms with Gasteiger partial charge in [-0.1, -0.05) is 0 Å². The summed E-state index contributed by atoms with van der Waals surface area (Å²) in [6.45, 7) is -4.50. The molecule has 2 aromatic rings. The SMILES string of the molecule is Fc1c(F)c(F)c(C2=C3C=CC(Br)=[N+]3[B-](F)(F)n3c(Br)ccc32)c(F)c1F. The smallest absolute Gasteiger partial charge is 0.389 e. The summed E-state index contributed by atoms with van der Waals surface area (Å²) in [5.74, 6) is -10.9. The molecule has 3 heterocycles. The van der Waals surface area contributed by atoms with Crippen LogP contribution in [0.2, 0.25) is 0 Å². The molecule has 27 heavy (non-hydrogen) atoms. The van der Waals surface area contributed by atoms with Crippen LogP contribution in [0.25, 0.3) is 5.57 Å². The fourth-order valence-corrected chi connectivity index (χ4v) is 4.35. The fraction of sp³-hybridized carbons (Fsp3) is 0. The Morgan fingerprint density at radius 2 is 1.37 bits per heavy atom. The number of allylic oxidation sites excluding steroid dienone is 2. The summed E-state index contributed by atoms with van der Waals surface area (Å²) < 4.78 is 100. The molecule has 0 spiro atoms. The Morgan fingerprint density at radius 3 is 1.96 bits per heavy atom. The van der Waals surface area contributed by atoms with Crippen molar-refractivity contribution < 1.29 is 35.1 Å². The Labute approximate surface area is 163 Å². The van der Waals surface area contributed by atoms with Crippen LogP contribution in [0.4, 0.5) is 30.6 Å². The third-order valence-electron chi connectivity index (χ3n) is 4.33. The van der Waals surface area contributed by atoms with Gasteiger partial charge in [0, 0.05) is 33.8 Å². The minimum atomic E-state index is -4.50. The highest BCUT2D eigenvalue weighted by atomic mass is 79.9. The van der Waals surface area contributed by atoms with Crippen molar-refractivity contribution in [2.75, 3.05) is 0 Å². The first-order chi connectivity index (χ1) is 12.6. The van der Waals surface area contributed by atoms with Gasteiger partial charge < -0.3 is 17.6 Å². The zero-order valence-electron chi connectivity index (χ0n) is 12.7. The molecular formula is C15H4BBr2F7N2. The third kappa shape index (κ3) is 2.28. The van der Waals surface area contributed by atoms with E-state index in [9.17, 15) is 22.0 Å². The first-order valence-electron chi connectivity index (χ1n) is 7.24. The van der Waals surface area contributed by atoms with Crippen LogP contribution in [0.3, 0.4) is 0 Å². The number of hydrogen-bond acceptors (Lipinski definition) is 0. The lowest BCUT2D eigenvalue weighted by atomic mass is 9.86. The van der Waals surface area contributed by atoms with Crippen molar-refractivity contribution in [3.05, 3.63) is 74.9 Å². The van der Waals surface area contributed by atoms with E-state index in [1.54, 1.807) is 0 Å². The topological polar surface area (TPSA) is 7.94 Å². The largest absolute Gasteiger partial charge is 0.738 e. The van der Waals surface area contributed by atoms with E-state index in [1.165, 1.54) is 12.1 Å². The molecule has 2 aliphatic rings. The lowest BCUT2D eigenvalue weighted by molar-refractivity contribution is -0.358. The molecule has 0 atom stereocenters. The van der Waals surface area contributed by atoms with Crippen LogP contribution in [-0.4, -0.2) is 20.6 Å². The summed E-state index contributed by atoms with van der Waals surface area (Å²) in [6, 6.07) is 2.30. The van der Waals surface area contributed by atoms with Gasteiger partial charge in [0.05, 0.1) is 15.7 Å². The van der Waals surface area contributed by atoms with Gasteiger partial charge in [-0.15, -0.1) is 0 Å². The van der Waals surface area contributed by atoms with Crippen LogP contribution in [0, 0.1) is 29.1 Å². The monoisotopic (exact) mass is 514 g/mol. The fourth-order valence-electron chi connectivity index (χ4n) is 3.21. The third-order valence-corrected chi connectivity index (χ3v) is 5.62. The van der Waals surface area contributed by atoms with Gasteiger partial charge in [0.15, 0.2) is 29.0 Å². The van der Waals surface area contributed by atoms with Crippen molar-refractivity contribution in [3.63, 3.8) is 0 Å². The van der Waals surface area contributed by atoms with Gasteiger partial charge in [-0.25, -0.2) is 22.0 Å². The first-order valence-corrected chi connectivity index (χ1v) is 8.83. The van der Waals surface area contributed by atoms with Crippen molar-refractivity contribution in [2.24, 2.45) is 0 Å². The van der Waals surface area contributed by atoms with Gasteiger partial charge >= 0.3 is 6.97 Å². The van der Waals surface area contributed by atoms with Gasteiger partial charge in [-0.2, -0.15) is 0 Å². The predicted molar refractivity (Wildman–Crippen MR) is 91.1 cm³/mol. The lowest BCUT2D eigenvalue weighted by Crippen LogP contribution is -2.50. The minimum absolute atomic E-state index is 0.130. The second kappa shape index (κ2) is 5.84. The molecule has 2 nitrogen and oxygen atoms in total. The van der Waals surface area contributed by atoms with Crippen LogP contribution >= 0.6 is 31.9 Å². The number of fused-ring (bicyclic) bond motifs is 2. The van der Waals surface area contributed by atoms with E-state index in [2.05, 4.69) is 31.9 Å². The Morgan fingerprint density at radius 1 is 0.815 bits per heavy atom. The van der Waals surface area contributed by atoms with E-state index in [1.807, 2.05) is 0 Å². The number of hydrogen-bond donors (Lipinski definition) is 0. The van der Waals surface area contributed by atoms with Crippen molar-refractivity contribution in [1.82, 2.24) is 4.48 Å². The van der Waals surface area contributed by atoms with Crippen molar-refractivity contribution >= 4 is 49.0 Å². The maximum Gasteiger partial charge on any atom is 0.738 e. The van der Waals surface area contributed by atoms with Crippen molar-refractivity contribution in [3.8, 4) is 0 Å². The molecule has 1 aromatic carbocycles. The highest BCUT2D eigenvalue weighted by molar-refractivity contribution is 9.18. The molecule has 4 rings (SSSR count). The molecule has 0 fully saturated rings. The molecule has 0 bridgehead atoms. The molecule has 0 radical (unpaired) electrons. The summed E-state index contributed by atoms with van der Waals surface area (Å²) in [4.78, 5) is 0. The zero-order chi connectivity index (χ0) is 19.8. The number of benzene rings is 1. The average molecular weight is 516 g/mol. The van der Waals surface area contributed by atoms with Crippen molar-refractivity contribution in [2.45, 2.75) is 0 Å². The van der Waals surface area contributed by atoms with Gasteiger partial charge in [-0.3, -0.25) is 0 Å². The second-order valence-electron chi connectivity index (χ2n) is 5.73. The molecule has 0 unspecified atom stereocenters. The molecular weight excluding hydrogens is 512 g/mol. The lowest BCUT2D eigenvalue weighted by Gasteiger charge is -2.32. The number of rotatable bonds is 1. The highest BCUT2D eigenvalue weighted by Gasteiger charge is 2.55. The summed E-state index contributed by atoms with van der Waals surface area (Å²) in [5, 5.41) is 0. The molecule has 0 aliphatic carbocycles. The van der Waals surface area contributed by atoms with Crippen LogP contribution in [0.15, 0.2) is 34.6 Å². The van der Waals surface area contributed by atoms with E-state index in [0.717, 1.165) is 12.1 Å². The molecule has 0 N–H and O–H groups in total.